The van der Waals surface area contributed by atoms with Crippen molar-refractivity contribution in [1.29, 1.82) is 0 Å². The number of carboxylic acid groups (broad SMARTS) is 2. The Morgan fingerprint density at radius 3 is 1.43 bits per heavy atom. The summed E-state index contributed by atoms with van der Waals surface area (Å²) in [6.07, 6.45) is 0.226. The van der Waals surface area contributed by atoms with Crippen molar-refractivity contribution in [2.24, 2.45) is 5.92 Å². The van der Waals surface area contributed by atoms with Crippen molar-refractivity contribution in [1.82, 2.24) is 0 Å². The molecule has 0 spiro atoms. The molecule has 0 saturated carbocycles. The number of hydrogen-bond acceptors (Lipinski definition) is 6. The lowest BCUT2D eigenvalue weighted by Gasteiger charge is -2.29. The molecule has 40 heavy (non-hydrogen) atoms. The molecule has 3 aromatic carbocycles. The highest BCUT2D eigenvalue weighted by Crippen LogP contribution is 2.30. The lowest BCUT2D eigenvalue weighted by Crippen LogP contribution is -2.46. The molecule has 7 nitrogen and oxygen atoms in total. The first-order valence-electron chi connectivity index (χ1n) is 13.6. The first-order valence-corrected chi connectivity index (χ1v) is 16.7. The van der Waals surface area contributed by atoms with Crippen molar-refractivity contribution < 1.29 is 33.1 Å². The van der Waals surface area contributed by atoms with Crippen LogP contribution in [0.2, 0.25) is 6.04 Å². The van der Waals surface area contributed by atoms with Gasteiger partial charge in [-0.2, -0.15) is 0 Å². The minimum Gasteiger partial charge on any atom is -0.550 e. The van der Waals surface area contributed by atoms with E-state index in [0.717, 1.165) is 0 Å². The van der Waals surface area contributed by atoms with Gasteiger partial charge in [0.1, 0.15) is 0 Å². The third kappa shape index (κ3) is 11.3. The van der Waals surface area contributed by atoms with Gasteiger partial charge in [0.05, 0.1) is 17.3 Å². The molecule has 0 aliphatic carbocycles. The molecule has 3 rings (SSSR count). The van der Waals surface area contributed by atoms with Crippen LogP contribution in [0.25, 0.3) is 0 Å². The highest BCUT2D eigenvalue weighted by molar-refractivity contribution is 7.97. The largest absolute Gasteiger partial charge is 0.550 e. The third-order valence-electron chi connectivity index (χ3n) is 5.82. The van der Waals surface area contributed by atoms with Gasteiger partial charge >= 0.3 is 14.8 Å². The van der Waals surface area contributed by atoms with Gasteiger partial charge in [0.2, 0.25) is 0 Å². The highest BCUT2D eigenvalue weighted by atomic mass is 32.2. The molecule has 0 aliphatic heterocycles. The minimum atomic E-state index is -2.80. The van der Waals surface area contributed by atoms with Crippen LogP contribution >= 0.6 is 0 Å². The Balaban J connectivity index is 0.000000281. The zero-order chi connectivity index (χ0) is 29.2. The topological polar surface area (TPSA) is 105 Å². The van der Waals surface area contributed by atoms with E-state index in [2.05, 4.69) is 91.0 Å². The maximum atomic E-state index is 10.9. The molecule has 1 N–H and O–H groups in total. The van der Waals surface area contributed by atoms with Gasteiger partial charge in [-0.1, -0.05) is 54.6 Å². The summed E-state index contributed by atoms with van der Waals surface area (Å²) in [5, 5.41) is 19.6. The summed E-state index contributed by atoms with van der Waals surface area (Å²) in [5.74, 6) is -3.49. The molecular weight excluding hydrogens is 544 g/mol. The van der Waals surface area contributed by atoms with E-state index >= 15 is 0 Å². The fourth-order valence-corrected chi connectivity index (χ4v) is 8.90. The van der Waals surface area contributed by atoms with E-state index in [4.69, 9.17) is 18.4 Å². The fourth-order valence-electron chi connectivity index (χ4n) is 4.16. The molecule has 0 saturated heterocycles. The van der Waals surface area contributed by atoms with Crippen molar-refractivity contribution in [2.75, 3.05) is 19.8 Å². The molecule has 0 aliphatic rings. The number of benzene rings is 3. The van der Waals surface area contributed by atoms with E-state index in [-0.39, 0.29) is 17.3 Å². The number of rotatable bonds is 16. The summed E-state index contributed by atoms with van der Waals surface area (Å²) in [6.45, 7) is 6.87. The Morgan fingerprint density at radius 1 is 0.750 bits per heavy atom. The third-order valence-corrected chi connectivity index (χ3v) is 11.2. The zero-order valence-electron chi connectivity index (χ0n) is 23.5. The van der Waals surface area contributed by atoms with Crippen molar-refractivity contribution in [3.05, 3.63) is 91.0 Å². The summed E-state index contributed by atoms with van der Waals surface area (Å²) in [4.78, 5) is 25.6. The smallest absolute Gasteiger partial charge is 0.500 e. The molecule has 216 valence electrons. The molecule has 0 radical (unpaired) electrons. The van der Waals surface area contributed by atoms with Crippen LogP contribution in [0.3, 0.4) is 0 Å². The van der Waals surface area contributed by atoms with Crippen molar-refractivity contribution in [3.8, 4) is 0 Å². The summed E-state index contributed by atoms with van der Waals surface area (Å²) < 4.78 is 16.9. The van der Waals surface area contributed by atoms with Gasteiger partial charge < -0.3 is 28.3 Å². The Kier molecular flexibility index (Phi) is 15.3. The minimum absolute atomic E-state index is 0.0146. The Hall–Kier alpha value is -2.95. The van der Waals surface area contributed by atoms with E-state index in [9.17, 15) is 14.7 Å². The monoisotopic (exact) mass is 584 g/mol. The molecular formula is C31H40O7SSi. The molecule has 0 heterocycles. The van der Waals surface area contributed by atoms with Crippen LogP contribution < -0.4 is 5.11 Å². The number of hydrogen-bond donors (Lipinski definition) is 1. The first-order chi connectivity index (χ1) is 19.4. The second-order valence-electron chi connectivity index (χ2n) is 8.73. The highest BCUT2D eigenvalue weighted by Gasteiger charge is 2.39. The Bertz CT molecular complexity index is 1010. The standard InChI is InChI=1S/C18H15S.C13H26O7Si/c1-4-10-16(11-5-1)19(17-12-6-2-7-13-17)18-14-8-3-9-15-18;1-4-18-21(19-5-2,20-6-3)9-7-8-11(13(16)17)10-12(14)15/h1-15H;11H,4-10H2,1-3H3,(H,14,15)(H,16,17)/q+1;/p-1. The van der Waals surface area contributed by atoms with Crippen LogP contribution in [0, 0.1) is 5.92 Å². The van der Waals surface area contributed by atoms with Crippen LogP contribution in [-0.4, -0.2) is 45.7 Å². The number of carboxylic acids is 2. The van der Waals surface area contributed by atoms with Gasteiger partial charge in [0, 0.05) is 37.8 Å². The van der Waals surface area contributed by atoms with Crippen LogP contribution in [0.5, 0.6) is 0 Å². The summed E-state index contributed by atoms with van der Waals surface area (Å²) >= 11 is 0. The van der Waals surface area contributed by atoms with Crippen LogP contribution in [0.4, 0.5) is 0 Å². The van der Waals surface area contributed by atoms with Crippen LogP contribution in [0.1, 0.15) is 40.0 Å². The molecule has 1 unspecified atom stereocenters. The maximum absolute atomic E-state index is 10.9. The molecule has 0 aromatic heterocycles. The van der Waals surface area contributed by atoms with Gasteiger partial charge in [-0.3, -0.25) is 4.79 Å². The normalized spacial score (nSPS) is 11.9. The Morgan fingerprint density at radius 2 is 1.12 bits per heavy atom. The molecule has 0 bridgehead atoms. The van der Waals surface area contributed by atoms with E-state index < -0.39 is 33.1 Å². The van der Waals surface area contributed by atoms with Crippen molar-refractivity contribution in [3.63, 3.8) is 0 Å². The Labute approximate surface area is 241 Å². The molecule has 1 atom stereocenters. The van der Waals surface area contributed by atoms with Gasteiger partial charge in [-0.05, 0) is 70.0 Å². The number of carbonyl (C=O) groups excluding carboxylic acids is 1. The fraction of sp³-hybridized carbons (Fsp3) is 0.355. The second-order valence-corrected chi connectivity index (χ2v) is 13.5. The van der Waals surface area contributed by atoms with E-state index in [1.54, 1.807) is 0 Å². The molecule has 9 heteroatoms. The van der Waals surface area contributed by atoms with Gasteiger partial charge in [0.25, 0.3) is 0 Å². The SMILES string of the molecule is CCO[Si](CCCC(CC(=O)O)C(=O)[O-])(OCC)OCC.c1ccc([S+](c2ccccc2)c2ccccc2)cc1. The van der Waals surface area contributed by atoms with Gasteiger partial charge in [-0.25, -0.2) is 0 Å². The number of carbonyl (C=O) groups is 2. The quantitative estimate of drug-likeness (QED) is 0.177. The lowest BCUT2D eigenvalue weighted by molar-refractivity contribution is -0.312. The molecule has 0 amide bonds. The second kappa shape index (κ2) is 18.4. The van der Waals surface area contributed by atoms with Crippen molar-refractivity contribution >= 4 is 31.6 Å². The molecule has 3 aromatic rings. The van der Waals surface area contributed by atoms with Crippen LogP contribution in [0.15, 0.2) is 106 Å². The van der Waals surface area contributed by atoms with Crippen molar-refractivity contribution in [2.45, 2.75) is 60.8 Å². The van der Waals surface area contributed by atoms with E-state index in [1.165, 1.54) is 14.7 Å². The van der Waals surface area contributed by atoms with E-state index in [1.807, 2.05) is 20.8 Å². The van der Waals surface area contributed by atoms with E-state index in [0.29, 0.717) is 32.3 Å². The summed E-state index contributed by atoms with van der Waals surface area (Å²) in [7, 11) is -2.81. The summed E-state index contributed by atoms with van der Waals surface area (Å²) in [5.41, 5.74) is 0. The predicted molar refractivity (Wildman–Crippen MR) is 157 cm³/mol. The molecule has 0 fully saturated rings. The number of aliphatic carboxylic acids is 2. The predicted octanol–water partition coefficient (Wildman–Crippen LogP) is 5.44. The first kappa shape index (κ1) is 33.3. The lowest BCUT2D eigenvalue weighted by atomic mass is 10.0. The zero-order valence-corrected chi connectivity index (χ0v) is 25.3. The van der Waals surface area contributed by atoms with Crippen LogP contribution in [-0.2, 0) is 33.8 Å². The maximum Gasteiger partial charge on any atom is 0.500 e. The average molecular weight is 585 g/mol. The van der Waals surface area contributed by atoms with Gasteiger partial charge in [-0.15, -0.1) is 0 Å². The summed E-state index contributed by atoms with van der Waals surface area (Å²) in [6, 6.07) is 32.6. The van der Waals surface area contributed by atoms with Gasteiger partial charge in [0.15, 0.2) is 14.7 Å². The average Bonchev–Trinajstić information content (AvgIpc) is 2.95.